The van der Waals surface area contributed by atoms with Gasteiger partial charge in [0.1, 0.15) is 17.1 Å². The first-order valence-electron chi connectivity index (χ1n) is 21.7. The van der Waals surface area contributed by atoms with Crippen LogP contribution in [0.1, 0.15) is 85.6 Å². The highest BCUT2D eigenvalue weighted by Gasteiger charge is 2.36. The molecule has 9 rings (SSSR count). The van der Waals surface area contributed by atoms with Gasteiger partial charge < -0.3 is 38.9 Å². The second-order valence-corrected chi connectivity index (χ2v) is 16.9. The number of aliphatic hydroxyl groups is 2. The highest BCUT2D eigenvalue weighted by atomic mass is 19.4. The number of halogens is 3. The number of amides is 1. The molecule has 65 heavy (non-hydrogen) atoms. The fourth-order valence-corrected chi connectivity index (χ4v) is 8.72. The second kappa shape index (κ2) is 18.1. The third kappa shape index (κ3) is 9.33. The molecule has 4 unspecified atom stereocenters. The quantitative estimate of drug-likeness (QED) is 0.108. The molecule has 6 aromatic rings. The molecular weight excluding hydrogens is 844 g/mol. The number of hydrogen-bond donors (Lipinski definition) is 3. The highest BCUT2D eigenvalue weighted by Crippen LogP contribution is 2.41. The smallest absolute Gasteiger partial charge is 0.419 e. The third-order valence-corrected chi connectivity index (χ3v) is 11.9. The lowest BCUT2D eigenvalue weighted by molar-refractivity contribution is -0.139. The summed E-state index contributed by atoms with van der Waals surface area (Å²) in [7, 11) is 0. The molecule has 3 heterocycles. The van der Waals surface area contributed by atoms with Gasteiger partial charge in [-0.3, -0.25) is 4.79 Å². The second-order valence-electron chi connectivity index (χ2n) is 16.9. The van der Waals surface area contributed by atoms with Crippen molar-refractivity contribution in [2.75, 3.05) is 26.2 Å². The van der Waals surface area contributed by atoms with Gasteiger partial charge >= 0.3 is 12.2 Å². The van der Waals surface area contributed by atoms with E-state index in [9.17, 15) is 28.2 Å². The largest absolute Gasteiger partial charge is 0.489 e. The number of hydrogen-bond acceptors (Lipinski definition) is 12. The molecule has 0 saturated carbocycles. The average Bonchev–Trinajstić information content (AvgIpc) is 4.15. The molecular formula is C48H47F3N7O7+. The summed E-state index contributed by atoms with van der Waals surface area (Å²) in [6, 6.07) is 23.2. The number of aromatic nitrogens is 4. The first-order chi connectivity index (χ1) is 31.3. The van der Waals surface area contributed by atoms with Crippen molar-refractivity contribution >= 4 is 5.91 Å². The number of carbonyl (C=O) groups excluding carboxylic acids is 1. The maximum atomic E-state index is 14.5. The van der Waals surface area contributed by atoms with Crippen LogP contribution in [0.4, 0.5) is 13.2 Å². The summed E-state index contributed by atoms with van der Waals surface area (Å²) in [6.45, 7) is 6.44. The van der Waals surface area contributed by atoms with Crippen molar-refractivity contribution in [1.82, 2.24) is 30.5 Å². The first kappa shape index (κ1) is 43.6. The Bertz CT molecular complexity index is 2800. The molecule has 0 spiro atoms. The lowest BCUT2D eigenvalue weighted by Gasteiger charge is -2.19. The summed E-state index contributed by atoms with van der Waals surface area (Å²) >= 11 is 0. The minimum absolute atomic E-state index is 0.0189. The normalized spacial score (nSPS) is 18.4. The Balaban J connectivity index is 0.889. The van der Waals surface area contributed by atoms with Crippen LogP contribution in [-0.4, -0.2) is 85.8 Å². The number of benzene rings is 4. The SMILES string of the molecule is CC(C)Oc1ccc(-c2nc(-c3cccc4c3CCC4NCC(=O)N3CCC(O)C3)no2)cc1C#[N+]CC(C)Oc1ccc(-c2nc(-c3cccc4c3CCC4O)no2)cc1C(F)(F)F. The lowest BCUT2D eigenvalue weighted by atomic mass is 10.0. The fraction of sp³-hybridized carbons (Fsp3) is 0.375. The number of nitrogens with zero attached hydrogens (tertiary/aromatic N) is 6. The van der Waals surface area contributed by atoms with E-state index in [0.717, 1.165) is 46.7 Å². The molecule has 1 amide bonds. The van der Waals surface area contributed by atoms with Crippen LogP contribution in [0.25, 0.3) is 50.5 Å². The van der Waals surface area contributed by atoms with Crippen LogP contribution in [0.15, 0.2) is 81.8 Å². The van der Waals surface area contributed by atoms with Crippen LogP contribution in [0, 0.1) is 6.07 Å². The molecule has 2 aromatic heterocycles. The van der Waals surface area contributed by atoms with Gasteiger partial charge in [-0.2, -0.15) is 23.1 Å². The topological polar surface area (TPSA) is 173 Å². The van der Waals surface area contributed by atoms with Crippen molar-refractivity contribution < 1.29 is 46.7 Å². The Morgan fingerprint density at radius 1 is 0.862 bits per heavy atom. The molecule has 17 heteroatoms. The van der Waals surface area contributed by atoms with E-state index in [0.29, 0.717) is 60.6 Å². The third-order valence-electron chi connectivity index (χ3n) is 11.9. The minimum atomic E-state index is -4.76. The van der Waals surface area contributed by atoms with E-state index in [1.807, 2.05) is 38.1 Å². The summed E-state index contributed by atoms with van der Waals surface area (Å²) in [4.78, 5) is 28.0. The van der Waals surface area contributed by atoms with Gasteiger partial charge in [0.2, 0.25) is 17.6 Å². The maximum absolute atomic E-state index is 14.5. The average molecular weight is 891 g/mol. The molecule has 3 aliphatic rings. The van der Waals surface area contributed by atoms with Crippen LogP contribution in [0.3, 0.4) is 0 Å². The number of aliphatic hydroxyl groups excluding tert-OH is 2. The zero-order chi connectivity index (χ0) is 45.4. The molecule has 1 aliphatic heterocycles. The molecule has 3 N–H and O–H groups in total. The van der Waals surface area contributed by atoms with Crippen molar-refractivity contribution in [3.05, 3.63) is 111 Å². The zero-order valence-electron chi connectivity index (χ0n) is 35.9. The van der Waals surface area contributed by atoms with Crippen molar-refractivity contribution in [3.8, 4) is 63.3 Å². The monoisotopic (exact) mass is 890 g/mol. The predicted molar refractivity (Wildman–Crippen MR) is 232 cm³/mol. The van der Waals surface area contributed by atoms with E-state index in [-0.39, 0.29) is 60.1 Å². The molecule has 0 bridgehead atoms. The van der Waals surface area contributed by atoms with Crippen LogP contribution in [0.5, 0.6) is 11.5 Å². The molecule has 14 nitrogen and oxygen atoms in total. The Labute approximate surface area is 372 Å². The van der Waals surface area contributed by atoms with E-state index < -0.39 is 30.1 Å². The summed E-state index contributed by atoms with van der Waals surface area (Å²) in [5.41, 5.74) is 5.42. The highest BCUT2D eigenvalue weighted by molar-refractivity contribution is 5.79. The van der Waals surface area contributed by atoms with Crippen molar-refractivity contribution in [2.45, 2.75) is 89.5 Å². The standard InChI is InChI=1S/C48H47F3N7O7/c1-26(2)62-41-16-10-28(46-54-44(56-64-46)36-8-4-6-34-32(36)12-14-39(34)53-24-43(61)58-19-18-31(59)25-58)20-30(41)23-52-22-27(3)63-42-17-11-29(21-38(42)48(49,50)51)47-55-45(57-65-47)37-9-5-7-35-33(37)13-15-40(35)60/h4-11,16-17,20-21,26-27,31,39-40,53,59-60H,12-15,18-19,22,24-25H2,1-3H3/q+1. The Kier molecular flexibility index (Phi) is 12.2. The fourth-order valence-electron chi connectivity index (χ4n) is 8.72. The summed E-state index contributed by atoms with van der Waals surface area (Å²) < 4.78 is 66.4. The number of likely N-dealkylation sites (tertiary alicyclic amines) is 1. The molecule has 4 atom stereocenters. The van der Waals surface area contributed by atoms with Gasteiger partial charge in [-0.25, -0.2) is 0 Å². The number of β-amino-alcohol motifs (C(OH)–C–C–N with tert-alkyl or cyclic N) is 1. The van der Waals surface area contributed by atoms with Gasteiger partial charge in [-0.05, 0) is 112 Å². The van der Waals surface area contributed by atoms with Gasteiger partial charge in [-0.1, -0.05) is 51.6 Å². The maximum Gasteiger partial charge on any atom is 0.419 e. The van der Waals surface area contributed by atoms with Gasteiger partial charge in [0.05, 0.1) is 30.4 Å². The minimum Gasteiger partial charge on any atom is -0.489 e. The molecule has 1 saturated heterocycles. The van der Waals surface area contributed by atoms with Gasteiger partial charge in [-0.15, -0.1) is 0 Å². The van der Waals surface area contributed by atoms with E-state index >= 15 is 0 Å². The van der Waals surface area contributed by atoms with E-state index in [4.69, 9.17) is 23.5 Å². The molecule has 336 valence electrons. The van der Waals surface area contributed by atoms with Crippen LogP contribution >= 0.6 is 0 Å². The van der Waals surface area contributed by atoms with Gasteiger partial charge in [0.15, 0.2) is 6.10 Å². The molecule has 4 aromatic carbocycles. The summed E-state index contributed by atoms with van der Waals surface area (Å²) in [6.07, 6.45) is -3.45. The Morgan fingerprint density at radius 3 is 2.17 bits per heavy atom. The van der Waals surface area contributed by atoms with Crippen molar-refractivity contribution in [3.63, 3.8) is 0 Å². The summed E-state index contributed by atoms with van der Waals surface area (Å²) in [5, 5.41) is 31.9. The number of fused-ring (bicyclic) bond motifs is 2. The van der Waals surface area contributed by atoms with Gasteiger partial charge in [0, 0.05) is 41.4 Å². The first-order valence-corrected chi connectivity index (χ1v) is 21.7. The number of ether oxygens (including phenoxy) is 2. The molecule has 0 radical (unpaired) electrons. The number of alkyl halides is 3. The predicted octanol–water partition coefficient (Wildman–Crippen LogP) is 8.22. The van der Waals surface area contributed by atoms with Crippen molar-refractivity contribution in [2.24, 2.45) is 0 Å². The van der Waals surface area contributed by atoms with E-state index in [1.54, 1.807) is 42.2 Å². The van der Waals surface area contributed by atoms with E-state index in [1.165, 1.54) is 12.1 Å². The Morgan fingerprint density at radius 2 is 1.51 bits per heavy atom. The zero-order valence-corrected chi connectivity index (χ0v) is 35.9. The number of carbonyl (C=O) groups is 1. The van der Waals surface area contributed by atoms with E-state index in [2.05, 4.69) is 31.5 Å². The number of nitrogens with one attached hydrogen (secondary N) is 1. The van der Waals surface area contributed by atoms with Crippen LogP contribution in [-0.2, 0) is 23.8 Å². The summed E-state index contributed by atoms with van der Waals surface area (Å²) in [5.74, 6) is 0.865. The molecule has 2 aliphatic carbocycles. The van der Waals surface area contributed by atoms with Crippen molar-refractivity contribution in [1.29, 1.82) is 0 Å². The lowest BCUT2D eigenvalue weighted by Crippen LogP contribution is -2.38. The van der Waals surface area contributed by atoms with Crippen LogP contribution < -0.4 is 14.8 Å². The van der Waals surface area contributed by atoms with Crippen LogP contribution in [0.2, 0.25) is 0 Å². The molecule has 1 fully saturated rings. The Hall–Kier alpha value is -6.61. The van der Waals surface area contributed by atoms with Gasteiger partial charge in [0.25, 0.3) is 18.3 Å². The number of rotatable bonds is 12.